The number of nitrogens with zero attached hydrogens (tertiary/aromatic N) is 1. The number of aromatic nitrogens is 1. The van der Waals surface area contributed by atoms with Gasteiger partial charge in [0.1, 0.15) is 0 Å². The average Bonchev–Trinajstić information content (AvgIpc) is 2.91. The first-order valence-electron chi connectivity index (χ1n) is 6.66. The quantitative estimate of drug-likeness (QED) is 0.834. The summed E-state index contributed by atoms with van der Waals surface area (Å²) >= 11 is 1.66. The number of hydrogen-bond donors (Lipinski definition) is 1. The Bertz CT molecular complexity index is 510. The number of nitrogens with one attached hydrogen (secondary N) is 1. The first-order chi connectivity index (χ1) is 9.33. The Morgan fingerprint density at radius 2 is 2.00 bits per heavy atom. The maximum atomic E-state index is 5.49. The number of benzene rings is 1. The molecule has 0 spiro atoms. The van der Waals surface area contributed by atoms with Gasteiger partial charge in [0.15, 0.2) is 5.13 Å². The molecule has 1 aromatic heterocycles. The van der Waals surface area contributed by atoms with Crippen molar-refractivity contribution in [3.63, 3.8) is 0 Å². The zero-order valence-electron chi connectivity index (χ0n) is 11.5. The van der Waals surface area contributed by atoms with Crippen molar-refractivity contribution >= 4 is 16.5 Å². The van der Waals surface area contributed by atoms with Crippen LogP contribution in [0.25, 0.3) is 0 Å². The Kier molecular flexibility index (Phi) is 5.36. The number of aryl methyl sites for hydroxylation is 1. The third-order valence-corrected chi connectivity index (χ3v) is 3.77. The SMILES string of the molecule is CCOCc1ccccc1CNc1nc(CC)cs1. The van der Waals surface area contributed by atoms with Gasteiger partial charge in [-0.05, 0) is 24.5 Å². The van der Waals surface area contributed by atoms with Gasteiger partial charge >= 0.3 is 0 Å². The number of ether oxygens (including phenoxy) is 1. The largest absolute Gasteiger partial charge is 0.377 e. The van der Waals surface area contributed by atoms with E-state index < -0.39 is 0 Å². The maximum absolute atomic E-state index is 5.49. The number of anilines is 1. The second-order valence-corrected chi connectivity index (χ2v) is 5.12. The predicted molar refractivity (Wildman–Crippen MR) is 80.6 cm³/mol. The number of thiazole rings is 1. The Morgan fingerprint density at radius 1 is 1.21 bits per heavy atom. The Balaban J connectivity index is 1.98. The van der Waals surface area contributed by atoms with Crippen LogP contribution in [-0.2, 0) is 24.3 Å². The average molecular weight is 276 g/mol. The van der Waals surface area contributed by atoms with Crippen molar-refractivity contribution < 1.29 is 4.74 Å². The fraction of sp³-hybridized carbons (Fsp3) is 0.400. The molecular formula is C15H20N2OS. The fourth-order valence-corrected chi connectivity index (χ4v) is 2.60. The van der Waals surface area contributed by atoms with Crippen LogP contribution in [0.4, 0.5) is 5.13 Å². The third kappa shape index (κ3) is 4.04. The van der Waals surface area contributed by atoms with Gasteiger partial charge in [-0.3, -0.25) is 0 Å². The highest BCUT2D eigenvalue weighted by Gasteiger charge is 2.04. The highest BCUT2D eigenvalue weighted by Crippen LogP contribution is 2.18. The second-order valence-electron chi connectivity index (χ2n) is 4.26. The zero-order valence-corrected chi connectivity index (χ0v) is 12.3. The van der Waals surface area contributed by atoms with Crippen molar-refractivity contribution in [2.75, 3.05) is 11.9 Å². The third-order valence-electron chi connectivity index (χ3n) is 2.92. The molecule has 0 aliphatic heterocycles. The summed E-state index contributed by atoms with van der Waals surface area (Å²) in [6.45, 7) is 6.35. The van der Waals surface area contributed by atoms with E-state index in [4.69, 9.17) is 4.74 Å². The number of rotatable bonds is 7. The Labute approximate surface area is 118 Å². The van der Waals surface area contributed by atoms with Crippen LogP contribution in [-0.4, -0.2) is 11.6 Å². The molecule has 19 heavy (non-hydrogen) atoms. The fourth-order valence-electron chi connectivity index (χ4n) is 1.80. The van der Waals surface area contributed by atoms with Crippen molar-refractivity contribution in [3.05, 3.63) is 46.5 Å². The molecule has 0 radical (unpaired) electrons. The Hall–Kier alpha value is -1.39. The summed E-state index contributed by atoms with van der Waals surface area (Å²) in [5.74, 6) is 0. The van der Waals surface area contributed by atoms with Gasteiger partial charge in [-0.1, -0.05) is 31.2 Å². The van der Waals surface area contributed by atoms with Crippen LogP contribution < -0.4 is 5.32 Å². The lowest BCUT2D eigenvalue weighted by atomic mass is 10.1. The van der Waals surface area contributed by atoms with E-state index in [1.807, 2.05) is 6.92 Å². The van der Waals surface area contributed by atoms with Gasteiger partial charge in [0.05, 0.1) is 12.3 Å². The lowest BCUT2D eigenvalue weighted by Crippen LogP contribution is -2.04. The molecule has 0 bridgehead atoms. The van der Waals surface area contributed by atoms with Gasteiger partial charge in [0, 0.05) is 18.5 Å². The summed E-state index contributed by atoms with van der Waals surface area (Å²) in [7, 11) is 0. The van der Waals surface area contributed by atoms with E-state index in [2.05, 4.69) is 46.9 Å². The van der Waals surface area contributed by atoms with E-state index >= 15 is 0 Å². The highest BCUT2D eigenvalue weighted by molar-refractivity contribution is 7.13. The van der Waals surface area contributed by atoms with Crippen LogP contribution in [0.15, 0.2) is 29.6 Å². The summed E-state index contributed by atoms with van der Waals surface area (Å²) in [6.07, 6.45) is 0.985. The molecule has 0 aliphatic rings. The van der Waals surface area contributed by atoms with E-state index in [1.165, 1.54) is 11.1 Å². The van der Waals surface area contributed by atoms with E-state index in [0.29, 0.717) is 6.61 Å². The minimum Gasteiger partial charge on any atom is -0.377 e. The molecule has 2 aromatic rings. The van der Waals surface area contributed by atoms with Gasteiger partial charge in [0.25, 0.3) is 0 Å². The molecule has 1 aromatic carbocycles. The summed E-state index contributed by atoms with van der Waals surface area (Å²) in [5.41, 5.74) is 3.66. The molecule has 0 unspecified atom stereocenters. The van der Waals surface area contributed by atoms with Crippen molar-refractivity contribution in [1.29, 1.82) is 0 Å². The zero-order chi connectivity index (χ0) is 13.5. The number of hydrogen-bond acceptors (Lipinski definition) is 4. The van der Waals surface area contributed by atoms with Crippen LogP contribution in [0.2, 0.25) is 0 Å². The van der Waals surface area contributed by atoms with Crippen molar-refractivity contribution in [3.8, 4) is 0 Å². The lowest BCUT2D eigenvalue weighted by Gasteiger charge is -2.09. The molecule has 0 aliphatic carbocycles. The molecule has 1 heterocycles. The van der Waals surface area contributed by atoms with Gasteiger partial charge in [-0.15, -0.1) is 11.3 Å². The topological polar surface area (TPSA) is 34.1 Å². The van der Waals surface area contributed by atoms with Crippen LogP contribution >= 0.6 is 11.3 Å². The first-order valence-corrected chi connectivity index (χ1v) is 7.54. The lowest BCUT2D eigenvalue weighted by molar-refractivity contribution is 0.133. The molecule has 2 rings (SSSR count). The van der Waals surface area contributed by atoms with Crippen molar-refractivity contribution in [2.24, 2.45) is 0 Å². The monoisotopic (exact) mass is 276 g/mol. The van der Waals surface area contributed by atoms with E-state index in [1.54, 1.807) is 11.3 Å². The molecular weight excluding hydrogens is 256 g/mol. The molecule has 0 saturated carbocycles. The summed E-state index contributed by atoms with van der Waals surface area (Å²) in [5, 5.41) is 6.48. The van der Waals surface area contributed by atoms with Crippen molar-refractivity contribution in [1.82, 2.24) is 4.98 Å². The molecule has 4 heteroatoms. The molecule has 1 N–H and O–H groups in total. The van der Waals surface area contributed by atoms with Gasteiger partial charge < -0.3 is 10.1 Å². The standard InChI is InChI=1S/C15H20N2OS/c1-3-14-11-19-15(17-14)16-9-12-7-5-6-8-13(12)10-18-4-2/h5-8,11H,3-4,9-10H2,1-2H3,(H,16,17). The summed E-state index contributed by atoms with van der Waals surface area (Å²) < 4.78 is 5.49. The molecule has 0 saturated heterocycles. The molecule has 0 atom stereocenters. The van der Waals surface area contributed by atoms with E-state index in [9.17, 15) is 0 Å². The van der Waals surface area contributed by atoms with Crippen LogP contribution in [0.5, 0.6) is 0 Å². The Morgan fingerprint density at radius 3 is 2.68 bits per heavy atom. The predicted octanol–water partition coefficient (Wildman–Crippen LogP) is 3.85. The van der Waals surface area contributed by atoms with Crippen LogP contribution in [0, 0.1) is 0 Å². The van der Waals surface area contributed by atoms with E-state index in [-0.39, 0.29) is 0 Å². The summed E-state index contributed by atoms with van der Waals surface area (Å²) in [6, 6.07) is 8.36. The van der Waals surface area contributed by atoms with Crippen molar-refractivity contribution in [2.45, 2.75) is 33.4 Å². The van der Waals surface area contributed by atoms with Crippen LogP contribution in [0.1, 0.15) is 30.7 Å². The molecule has 3 nitrogen and oxygen atoms in total. The van der Waals surface area contributed by atoms with E-state index in [0.717, 1.165) is 30.4 Å². The second kappa shape index (κ2) is 7.26. The molecule has 102 valence electrons. The first kappa shape index (κ1) is 14.0. The maximum Gasteiger partial charge on any atom is 0.183 e. The van der Waals surface area contributed by atoms with Gasteiger partial charge in [-0.25, -0.2) is 4.98 Å². The van der Waals surface area contributed by atoms with Crippen LogP contribution in [0.3, 0.4) is 0 Å². The normalized spacial score (nSPS) is 10.6. The molecule has 0 amide bonds. The smallest absolute Gasteiger partial charge is 0.183 e. The molecule has 0 fully saturated rings. The summed E-state index contributed by atoms with van der Waals surface area (Å²) in [4.78, 5) is 4.51. The van der Waals surface area contributed by atoms with Gasteiger partial charge in [0.2, 0.25) is 0 Å². The van der Waals surface area contributed by atoms with Gasteiger partial charge in [-0.2, -0.15) is 0 Å². The minimum atomic E-state index is 0.673. The minimum absolute atomic E-state index is 0.673. The highest BCUT2D eigenvalue weighted by atomic mass is 32.1.